The van der Waals surface area contributed by atoms with Crippen molar-refractivity contribution < 1.29 is 8.42 Å². The van der Waals surface area contributed by atoms with E-state index < -0.39 is 9.84 Å². The molecule has 2 rings (SSSR count). The van der Waals surface area contributed by atoms with Crippen molar-refractivity contribution in [3.05, 3.63) is 22.9 Å². The molecule has 68 valence electrons. The molecule has 0 atom stereocenters. The van der Waals surface area contributed by atoms with Crippen LogP contribution in [0.5, 0.6) is 0 Å². The number of anilines is 1. The first kappa shape index (κ1) is 8.18. The van der Waals surface area contributed by atoms with Crippen molar-refractivity contribution in [3.63, 3.8) is 0 Å². The van der Waals surface area contributed by atoms with Gasteiger partial charge in [0.25, 0.3) is 0 Å². The van der Waals surface area contributed by atoms with E-state index in [4.69, 9.17) is 5.73 Å². The number of fused-ring (bicyclic) bond motifs is 1. The molecule has 6 heteroatoms. The third-order valence-electron chi connectivity index (χ3n) is 1.71. The Bertz CT molecular complexity index is 479. The third kappa shape index (κ3) is 1.52. The van der Waals surface area contributed by atoms with E-state index in [0.29, 0.717) is 11.3 Å². The lowest BCUT2D eigenvalue weighted by molar-refractivity contribution is 0.603. The van der Waals surface area contributed by atoms with Gasteiger partial charge in [0.2, 0.25) is 5.95 Å². The molecule has 0 radical (unpaired) electrons. The minimum Gasteiger partial charge on any atom is -0.368 e. The summed E-state index contributed by atoms with van der Waals surface area (Å²) in [4.78, 5) is 7.62. The second kappa shape index (κ2) is 2.53. The highest BCUT2D eigenvalue weighted by molar-refractivity contribution is 7.93. The summed E-state index contributed by atoms with van der Waals surface area (Å²) in [6.07, 6.45) is 2.88. The molecule has 2 heterocycles. The smallest absolute Gasteiger partial charge is 0.220 e. The summed E-state index contributed by atoms with van der Waals surface area (Å²) < 4.78 is 22.2. The van der Waals surface area contributed by atoms with E-state index in [0.717, 1.165) is 5.41 Å². The maximum Gasteiger partial charge on any atom is 0.220 e. The molecule has 0 amide bonds. The van der Waals surface area contributed by atoms with Crippen LogP contribution < -0.4 is 5.73 Å². The molecule has 0 saturated carbocycles. The molecule has 2 N–H and O–H groups in total. The van der Waals surface area contributed by atoms with E-state index in [2.05, 4.69) is 9.97 Å². The van der Waals surface area contributed by atoms with Gasteiger partial charge in [0, 0.05) is 17.2 Å². The number of nitrogen functional groups attached to an aromatic ring is 1. The molecule has 1 aliphatic heterocycles. The van der Waals surface area contributed by atoms with Gasteiger partial charge >= 0.3 is 0 Å². The fourth-order valence-corrected chi connectivity index (χ4v) is 2.21. The summed E-state index contributed by atoms with van der Waals surface area (Å²) in [6.45, 7) is 0. The van der Waals surface area contributed by atoms with E-state index in [1.807, 2.05) is 0 Å². The van der Waals surface area contributed by atoms with E-state index in [-0.39, 0.29) is 11.7 Å². The molecule has 1 aromatic heterocycles. The van der Waals surface area contributed by atoms with Gasteiger partial charge in [-0.2, -0.15) is 0 Å². The first-order valence-corrected chi connectivity index (χ1v) is 5.31. The molecular weight excluding hydrogens is 190 g/mol. The third-order valence-corrected chi connectivity index (χ3v) is 2.97. The van der Waals surface area contributed by atoms with Gasteiger partial charge in [0.05, 0.1) is 11.4 Å². The fourth-order valence-electron chi connectivity index (χ4n) is 1.12. The largest absolute Gasteiger partial charge is 0.368 e. The van der Waals surface area contributed by atoms with E-state index in [9.17, 15) is 8.42 Å². The van der Waals surface area contributed by atoms with Crippen molar-refractivity contribution in [2.75, 3.05) is 5.73 Å². The van der Waals surface area contributed by atoms with E-state index >= 15 is 0 Å². The van der Waals surface area contributed by atoms with Crippen LogP contribution in [0.4, 0.5) is 5.95 Å². The molecule has 1 aliphatic rings. The van der Waals surface area contributed by atoms with Crippen LogP contribution in [0, 0.1) is 0 Å². The lowest BCUT2D eigenvalue weighted by Gasteiger charge is -2.08. The van der Waals surface area contributed by atoms with Crippen LogP contribution in [0.2, 0.25) is 0 Å². The highest BCUT2D eigenvalue weighted by Crippen LogP contribution is 2.18. The molecule has 0 unspecified atom stereocenters. The Morgan fingerprint density at radius 1 is 1.46 bits per heavy atom. The van der Waals surface area contributed by atoms with Crippen molar-refractivity contribution in [1.29, 1.82) is 0 Å². The first-order chi connectivity index (χ1) is 6.07. The predicted molar refractivity (Wildman–Crippen MR) is 48.1 cm³/mol. The van der Waals surface area contributed by atoms with Crippen LogP contribution >= 0.6 is 0 Å². The van der Waals surface area contributed by atoms with Gasteiger partial charge < -0.3 is 5.73 Å². The fraction of sp³-hybridized carbons (Fsp3) is 0.143. The number of nitrogens with zero attached hydrogens (tertiary/aromatic N) is 2. The molecule has 13 heavy (non-hydrogen) atoms. The summed E-state index contributed by atoms with van der Waals surface area (Å²) in [5.74, 6) is 0.113. The SMILES string of the molecule is Nc1ncc2c(n1)C=CS(=O)(=O)C2. The van der Waals surface area contributed by atoms with Crippen LogP contribution in [0.3, 0.4) is 0 Å². The highest BCUT2D eigenvalue weighted by atomic mass is 32.2. The topological polar surface area (TPSA) is 85.9 Å². The molecule has 0 bridgehead atoms. The van der Waals surface area contributed by atoms with Crippen LogP contribution in [0.1, 0.15) is 11.3 Å². The molecule has 5 nitrogen and oxygen atoms in total. The standard InChI is InChI=1S/C7H7N3O2S/c8-7-9-3-5-4-13(11,12)2-1-6(5)10-7/h1-3H,4H2,(H2,8,9,10). The van der Waals surface area contributed by atoms with Crippen LogP contribution in [-0.4, -0.2) is 18.4 Å². The Morgan fingerprint density at radius 2 is 2.23 bits per heavy atom. The average Bonchev–Trinajstić information content (AvgIpc) is 2.05. The zero-order valence-electron chi connectivity index (χ0n) is 6.64. The molecule has 0 aliphatic carbocycles. The number of hydrogen-bond acceptors (Lipinski definition) is 5. The van der Waals surface area contributed by atoms with Crippen molar-refractivity contribution in [2.24, 2.45) is 0 Å². The molecule has 0 saturated heterocycles. The van der Waals surface area contributed by atoms with Crippen LogP contribution in [0.15, 0.2) is 11.6 Å². The molecular formula is C7H7N3O2S. The maximum atomic E-state index is 11.1. The Hall–Kier alpha value is -1.43. The Morgan fingerprint density at radius 3 is 3.00 bits per heavy atom. The van der Waals surface area contributed by atoms with Crippen molar-refractivity contribution in [3.8, 4) is 0 Å². The number of nitrogens with two attached hydrogens (primary N) is 1. The summed E-state index contributed by atoms with van der Waals surface area (Å²) in [6, 6.07) is 0. The van der Waals surface area contributed by atoms with Crippen LogP contribution in [0.25, 0.3) is 6.08 Å². The van der Waals surface area contributed by atoms with E-state index in [1.54, 1.807) is 0 Å². The highest BCUT2D eigenvalue weighted by Gasteiger charge is 2.17. The van der Waals surface area contributed by atoms with Gasteiger partial charge in [-0.3, -0.25) is 0 Å². The van der Waals surface area contributed by atoms with Gasteiger partial charge in [-0.1, -0.05) is 0 Å². The van der Waals surface area contributed by atoms with Gasteiger partial charge in [-0.15, -0.1) is 0 Å². The Labute approximate surface area is 75.2 Å². The zero-order chi connectivity index (χ0) is 9.47. The number of rotatable bonds is 0. The molecule has 0 aromatic carbocycles. The second-order valence-corrected chi connectivity index (χ2v) is 4.64. The van der Waals surface area contributed by atoms with Crippen molar-refractivity contribution in [2.45, 2.75) is 5.75 Å². The number of sulfone groups is 1. The summed E-state index contributed by atoms with van der Waals surface area (Å²) in [7, 11) is -3.11. The zero-order valence-corrected chi connectivity index (χ0v) is 7.45. The maximum absolute atomic E-state index is 11.1. The quantitative estimate of drug-likeness (QED) is 0.630. The monoisotopic (exact) mass is 197 g/mol. The van der Waals surface area contributed by atoms with Gasteiger partial charge in [0.15, 0.2) is 9.84 Å². The minimum atomic E-state index is -3.11. The summed E-state index contributed by atoms with van der Waals surface area (Å²) >= 11 is 0. The predicted octanol–water partition coefficient (Wildman–Crippen LogP) is -0.0421. The first-order valence-electron chi connectivity index (χ1n) is 3.59. The van der Waals surface area contributed by atoms with Gasteiger partial charge in [-0.25, -0.2) is 18.4 Å². The number of aromatic nitrogens is 2. The Balaban J connectivity index is 2.59. The normalized spacial score (nSPS) is 18.2. The summed E-state index contributed by atoms with van der Waals surface area (Å²) in [5, 5.41) is 1.14. The van der Waals surface area contributed by atoms with Gasteiger partial charge in [0.1, 0.15) is 0 Å². The lowest BCUT2D eigenvalue weighted by Crippen LogP contribution is -2.09. The Kier molecular flexibility index (Phi) is 1.59. The minimum absolute atomic E-state index is 0.0425. The average molecular weight is 197 g/mol. The van der Waals surface area contributed by atoms with E-state index in [1.165, 1.54) is 12.3 Å². The molecule has 1 aromatic rings. The molecule has 0 spiro atoms. The number of hydrogen-bond donors (Lipinski definition) is 1. The van der Waals surface area contributed by atoms with Gasteiger partial charge in [-0.05, 0) is 6.08 Å². The van der Waals surface area contributed by atoms with Crippen molar-refractivity contribution in [1.82, 2.24) is 9.97 Å². The summed E-state index contributed by atoms with van der Waals surface area (Å²) in [5.41, 5.74) is 6.52. The molecule has 0 fully saturated rings. The lowest BCUT2D eigenvalue weighted by atomic mass is 10.2. The van der Waals surface area contributed by atoms with Crippen molar-refractivity contribution >= 4 is 21.9 Å². The second-order valence-electron chi connectivity index (χ2n) is 2.75. The van der Waals surface area contributed by atoms with Crippen LogP contribution in [-0.2, 0) is 15.6 Å².